The highest BCUT2D eigenvalue weighted by Gasteiger charge is 2.33. The standard InChI is InChI=1S/C23H25F3N4O2/c24-23(25,26)20-13-16(7-9-27)14-21(28-20)32-19-6-4-5-18-17(19)8-12-30(18)15-22(31)29-10-2-1-3-11-29/h4-6,8,12-14H,1-3,7,9-11,15,27H2. The van der Waals surface area contributed by atoms with Crippen LogP contribution >= 0.6 is 0 Å². The molecule has 3 heterocycles. The number of benzene rings is 1. The number of piperidine rings is 1. The molecule has 4 rings (SSSR count). The summed E-state index contributed by atoms with van der Waals surface area (Å²) in [6.45, 7) is 1.97. The Labute approximate surface area is 183 Å². The molecule has 1 aliphatic rings. The maximum absolute atomic E-state index is 13.3. The Morgan fingerprint density at radius 3 is 2.62 bits per heavy atom. The number of aromatic nitrogens is 2. The third-order valence-corrected chi connectivity index (χ3v) is 5.59. The molecule has 0 spiro atoms. The number of nitrogens with two attached hydrogens (primary N) is 1. The molecule has 1 saturated heterocycles. The van der Waals surface area contributed by atoms with Crippen LogP contribution < -0.4 is 10.5 Å². The van der Waals surface area contributed by atoms with Crippen molar-refractivity contribution in [3.8, 4) is 11.6 Å². The van der Waals surface area contributed by atoms with Gasteiger partial charge in [-0.2, -0.15) is 13.2 Å². The number of ether oxygens (including phenoxy) is 1. The highest BCUT2D eigenvalue weighted by atomic mass is 19.4. The largest absolute Gasteiger partial charge is 0.438 e. The van der Waals surface area contributed by atoms with Crippen LogP contribution in [0.3, 0.4) is 0 Å². The summed E-state index contributed by atoms with van der Waals surface area (Å²) in [6, 6.07) is 9.52. The van der Waals surface area contributed by atoms with Crippen molar-refractivity contribution in [2.75, 3.05) is 19.6 Å². The molecule has 0 aliphatic carbocycles. The lowest BCUT2D eigenvalue weighted by Gasteiger charge is -2.27. The van der Waals surface area contributed by atoms with Crippen LogP contribution in [0.2, 0.25) is 0 Å². The Hall–Kier alpha value is -3.07. The molecule has 0 radical (unpaired) electrons. The summed E-state index contributed by atoms with van der Waals surface area (Å²) in [5.74, 6) is 0.282. The predicted molar refractivity (Wildman–Crippen MR) is 114 cm³/mol. The summed E-state index contributed by atoms with van der Waals surface area (Å²) < 4.78 is 47.4. The van der Waals surface area contributed by atoms with Crippen LogP contribution in [0.5, 0.6) is 11.6 Å². The SMILES string of the molecule is NCCc1cc(Oc2cccc3c2ccn3CC(=O)N2CCCCC2)nc(C(F)(F)F)c1. The molecule has 2 N–H and O–H groups in total. The van der Waals surface area contributed by atoms with E-state index in [1.165, 1.54) is 6.07 Å². The molecule has 2 aromatic heterocycles. The molecule has 1 aromatic carbocycles. The Bertz CT molecular complexity index is 1100. The van der Waals surface area contributed by atoms with Crippen LogP contribution in [0.1, 0.15) is 30.5 Å². The third kappa shape index (κ3) is 4.88. The van der Waals surface area contributed by atoms with E-state index in [2.05, 4.69) is 4.98 Å². The van der Waals surface area contributed by atoms with E-state index in [0.717, 1.165) is 43.9 Å². The number of halogens is 3. The second kappa shape index (κ2) is 9.20. The Balaban J connectivity index is 1.61. The molecule has 0 unspecified atom stereocenters. The molecule has 1 amide bonds. The Morgan fingerprint density at radius 1 is 1.12 bits per heavy atom. The maximum atomic E-state index is 13.3. The predicted octanol–water partition coefficient (Wildman–Crippen LogP) is 4.36. The van der Waals surface area contributed by atoms with Gasteiger partial charge in [0.15, 0.2) is 0 Å². The summed E-state index contributed by atoms with van der Waals surface area (Å²) in [6.07, 6.45) is 0.666. The lowest BCUT2D eigenvalue weighted by molar-refractivity contribution is -0.141. The van der Waals surface area contributed by atoms with E-state index in [1.807, 2.05) is 15.5 Å². The maximum Gasteiger partial charge on any atom is 0.433 e. The molecule has 1 aliphatic heterocycles. The highest BCUT2D eigenvalue weighted by Crippen LogP contribution is 2.34. The molecule has 0 bridgehead atoms. The lowest BCUT2D eigenvalue weighted by Crippen LogP contribution is -2.37. The van der Waals surface area contributed by atoms with Crippen molar-refractivity contribution < 1.29 is 22.7 Å². The first-order chi connectivity index (χ1) is 15.3. The molecule has 170 valence electrons. The lowest BCUT2D eigenvalue weighted by atomic mass is 10.1. The highest BCUT2D eigenvalue weighted by molar-refractivity contribution is 5.88. The van der Waals surface area contributed by atoms with Crippen LogP contribution in [-0.2, 0) is 23.9 Å². The number of carbonyl (C=O) groups excluding carboxylic acids is 1. The fraction of sp³-hybridized carbons (Fsp3) is 0.391. The second-order valence-corrected chi connectivity index (χ2v) is 7.91. The van der Waals surface area contributed by atoms with Crippen molar-refractivity contribution in [1.29, 1.82) is 0 Å². The molecule has 0 saturated carbocycles. The van der Waals surface area contributed by atoms with Crippen molar-refractivity contribution in [3.05, 3.63) is 53.9 Å². The van der Waals surface area contributed by atoms with E-state index in [9.17, 15) is 18.0 Å². The molecule has 9 heteroatoms. The first-order valence-corrected chi connectivity index (χ1v) is 10.7. The molecular weight excluding hydrogens is 421 g/mol. The van der Waals surface area contributed by atoms with Gasteiger partial charge in [-0.15, -0.1) is 0 Å². The van der Waals surface area contributed by atoms with Gasteiger partial charge in [-0.25, -0.2) is 4.98 Å². The van der Waals surface area contributed by atoms with Gasteiger partial charge in [-0.1, -0.05) is 6.07 Å². The van der Waals surface area contributed by atoms with Crippen molar-refractivity contribution in [1.82, 2.24) is 14.5 Å². The van der Waals surface area contributed by atoms with E-state index < -0.39 is 11.9 Å². The van der Waals surface area contributed by atoms with Gasteiger partial charge in [-0.05, 0) is 62.1 Å². The van der Waals surface area contributed by atoms with Crippen molar-refractivity contribution in [3.63, 3.8) is 0 Å². The fourth-order valence-electron chi connectivity index (χ4n) is 3.99. The first kappa shape index (κ1) is 22.1. The number of hydrogen-bond donors (Lipinski definition) is 1. The van der Waals surface area contributed by atoms with Crippen LogP contribution in [0, 0.1) is 0 Å². The minimum absolute atomic E-state index is 0.0551. The number of amides is 1. The second-order valence-electron chi connectivity index (χ2n) is 7.91. The number of nitrogens with zero attached hydrogens (tertiary/aromatic N) is 3. The molecule has 32 heavy (non-hydrogen) atoms. The van der Waals surface area contributed by atoms with Crippen LogP contribution in [0.4, 0.5) is 13.2 Å². The van der Waals surface area contributed by atoms with E-state index in [-0.39, 0.29) is 31.3 Å². The van der Waals surface area contributed by atoms with Gasteiger partial charge in [-0.3, -0.25) is 4.79 Å². The number of likely N-dealkylation sites (tertiary alicyclic amines) is 1. The third-order valence-electron chi connectivity index (χ3n) is 5.59. The van der Waals surface area contributed by atoms with E-state index in [1.54, 1.807) is 24.4 Å². The smallest absolute Gasteiger partial charge is 0.433 e. The quantitative estimate of drug-likeness (QED) is 0.611. The normalized spacial score (nSPS) is 14.7. The summed E-state index contributed by atoms with van der Waals surface area (Å²) in [7, 11) is 0. The molecule has 1 fully saturated rings. The first-order valence-electron chi connectivity index (χ1n) is 10.7. The number of rotatable bonds is 6. The molecule has 0 atom stereocenters. The minimum atomic E-state index is -4.59. The zero-order valence-corrected chi connectivity index (χ0v) is 17.6. The topological polar surface area (TPSA) is 73.4 Å². The zero-order chi connectivity index (χ0) is 22.7. The van der Waals surface area contributed by atoms with E-state index in [4.69, 9.17) is 10.5 Å². The summed E-state index contributed by atoms with van der Waals surface area (Å²) >= 11 is 0. The van der Waals surface area contributed by atoms with Crippen molar-refractivity contribution in [2.45, 2.75) is 38.4 Å². The zero-order valence-electron chi connectivity index (χ0n) is 17.6. The average Bonchev–Trinajstić information content (AvgIpc) is 3.18. The van der Waals surface area contributed by atoms with E-state index in [0.29, 0.717) is 16.7 Å². The minimum Gasteiger partial charge on any atom is -0.438 e. The number of alkyl halides is 3. The monoisotopic (exact) mass is 446 g/mol. The number of carbonyl (C=O) groups is 1. The van der Waals surface area contributed by atoms with Gasteiger partial charge < -0.3 is 19.9 Å². The fourth-order valence-corrected chi connectivity index (χ4v) is 3.99. The van der Waals surface area contributed by atoms with Crippen molar-refractivity contribution in [2.24, 2.45) is 5.73 Å². The van der Waals surface area contributed by atoms with Gasteiger partial charge in [0.1, 0.15) is 18.0 Å². The summed E-state index contributed by atoms with van der Waals surface area (Å²) in [5.41, 5.74) is 5.67. The molecular formula is C23H25F3N4O2. The van der Waals surface area contributed by atoms with Gasteiger partial charge in [0.05, 0.1) is 5.52 Å². The molecule has 6 nitrogen and oxygen atoms in total. The van der Waals surface area contributed by atoms with E-state index >= 15 is 0 Å². The molecule has 3 aromatic rings. The van der Waals surface area contributed by atoms with Gasteiger partial charge in [0.25, 0.3) is 0 Å². The number of hydrogen-bond acceptors (Lipinski definition) is 4. The van der Waals surface area contributed by atoms with Gasteiger partial charge >= 0.3 is 6.18 Å². The number of pyridine rings is 1. The van der Waals surface area contributed by atoms with Crippen LogP contribution in [0.25, 0.3) is 10.9 Å². The Kier molecular flexibility index (Phi) is 6.36. The van der Waals surface area contributed by atoms with Crippen LogP contribution in [-0.4, -0.2) is 40.0 Å². The van der Waals surface area contributed by atoms with Crippen LogP contribution in [0.15, 0.2) is 42.6 Å². The number of fused-ring (bicyclic) bond motifs is 1. The summed E-state index contributed by atoms with van der Waals surface area (Å²) in [5, 5.41) is 0.693. The van der Waals surface area contributed by atoms with Crippen molar-refractivity contribution >= 4 is 16.8 Å². The van der Waals surface area contributed by atoms with Gasteiger partial charge in [0, 0.05) is 30.7 Å². The van der Waals surface area contributed by atoms with Gasteiger partial charge in [0.2, 0.25) is 11.8 Å². The summed E-state index contributed by atoms with van der Waals surface area (Å²) in [4.78, 5) is 18.2. The Morgan fingerprint density at radius 2 is 1.91 bits per heavy atom. The average molecular weight is 446 g/mol.